The van der Waals surface area contributed by atoms with Crippen LogP contribution in [0.4, 0.5) is 5.69 Å². The highest BCUT2D eigenvalue weighted by Gasteiger charge is 2.35. The fourth-order valence-corrected chi connectivity index (χ4v) is 2.57. The zero-order chi connectivity index (χ0) is 18.5. The lowest BCUT2D eigenvalue weighted by molar-refractivity contribution is -0.150. The Morgan fingerprint density at radius 2 is 1.67 bits per heavy atom. The van der Waals surface area contributed by atoms with Gasteiger partial charge in [-0.1, -0.05) is 6.92 Å². The van der Waals surface area contributed by atoms with Crippen LogP contribution in [0.5, 0.6) is 0 Å². The lowest BCUT2D eigenvalue weighted by Crippen LogP contribution is -2.38. The fraction of sp³-hybridized carbons (Fsp3) is 0.400. The molecule has 1 amide bonds. The van der Waals surface area contributed by atoms with Gasteiger partial charge in [0.2, 0.25) is 5.91 Å². The number of nitrogens with one attached hydrogen (secondary N) is 1. The summed E-state index contributed by atoms with van der Waals surface area (Å²) < 4.78 is 31.8. The highest BCUT2D eigenvalue weighted by atomic mass is 32.2. The Morgan fingerprint density at radius 3 is 2.08 bits per heavy atom. The van der Waals surface area contributed by atoms with Crippen LogP contribution in [0.1, 0.15) is 24.2 Å². The van der Waals surface area contributed by atoms with Gasteiger partial charge in [0.15, 0.2) is 11.9 Å². The SMILES string of the molecule is COC(=O)C(OS(C)(=O)=O)C(C)C(=O)c1ccc(NC(C)=O)cc1. The van der Waals surface area contributed by atoms with Gasteiger partial charge < -0.3 is 10.1 Å². The number of anilines is 1. The van der Waals surface area contributed by atoms with Gasteiger partial charge in [0, 0.05) is 18.2 Å². The summed E-state index contributed by atoms with van der Waals surface area (Å²) >= 11 is 0. The second-order valence-electron chi connectivity index (χ2n) is 5.16. The van der Waals surface area contributed by atoms with Crippen molar-refractivity contribution in [2.24, 2.45) is 5.92 Å². The van der Waals surface area contributed by atoms with Gasteiger partial charge in [-0.3, -0.25) is 13.8 Å². The number of methoxy groups -OCH3 is 1. The van der Waals surface area contributed by atoms with Crippen LogP contribution < -0.4 is 5.32 Å². The molecule has 0 spiro atoms. The minimum absolute atomic E-state index is 0.239. The van der Waals surface area contributed by atoms with Crippen LogP contribution in [0.15, 0.2) is 24.3 Å². The number of amides is 1. The molecule has 0 heterocycles. The van der Waals surface area contributed by atoms with E-state index in [9.17, 15) is 22.8 Å². The van der Waals surface area contributed by atoms with Crippen molar-refractivity contribution >= 4 is 33.5 Å². The molecule has 2 atom stereocenters. The third kappa shape index (κ3) is 5.74. The van der Waals surface area contributed by atoms with Crippen molar-refractivity contribution in [2.75, 3.05) is 18.7 Å². The fourth-order valence-electron chi connectivity index (χ4n) is 1.95. The van der Waals surface area contributed by atoms with E-state index in [1.807, 2.05) is 0 Å². The molecule has 0 aliphatic carbocycles. The van der Waals surface area contributed by atoms with E-state index in [1.165, 1.54) is 38.1 Å². The summed E-state index contributed by atoms with van der Waals surface area (Å²) in [4.78, 5) is 35.2. The van der Waals surface area contributed by atoms with E-state index >= 15 is 0 Å². The molecule has 132 valence electrons. The van der Waals surface area contributed by atoms with Gasteiger partial charge in [0.05, 0.1) is 19.3 Å². The highest BCUT2D eigenvalue weighted by Crippen LogP contribution is 2.19. The molecule has 8 nitrogen and oxygen atoms in total. The van der Waals surface area contributed by atoms with Gasteiger partial charge >= 0.3 is 5.97 Å². The van der Waals surface area contributed by atoms with Crippen molar-refractivity contribution in [3.63, 3.8) is 0 Å². The molecule has 1 aromatic carbocycles. The topological polar surface area (TPSA) is 116 Å². The number of benzene rings is 1. The summed E-state index contributed by atoms with van der Waals surface area (Å²) in [6.07, 6.45) is -0.796. The summed E-state index contributed by atoms with van der Waals surface area (Å²) in [7, 11) is -2.89. The summed E-state index contributed by atoms with van der Waals surface area (Å²) in [5.41, 5.74) is 0.742. The number of carbonyl (C=O) groups is 3. The van der Waals surface area contributed by atoms with Crippen molar-refractivity contribution in [3.05, 3.63) is 29.8 Å². The average molecular weight is 357 g/mol. The van der Waals surface area contributed by atoms with Crippen molar-refractivity contribution in [3.8, 4) is 0 Å². The number of hydrogen-bond acceptors (Lipinski definition) is 7. The first kappa shape index (κ1) is 19.8. The standard InChI is InChI=1S/C15H19NO7S/c1-9(14(15(19)22-3)23-24(4,20)21)13(18)11-5-7-12(8-6-11)16-10(2)17/h5-9,14H,1-4H3,(H,16,17). The van der Waals surface area contributed by atoms with Gasteiger partial charge in [-0.05, 0) is 24.3 Å². The lowest BCUT2D eigenvalue weighted by atomic mass is 9.94. The second kappa shape index (κ2) is 8.02. The Balaban J connectivity index is 3.01. The van der Waals surface area contributed by atoms with Gasteiger partial charge in [-0.15, -0.1) is 0 Å². The summed E-state index contributed by atoms with van der Waals surface area (Å²) in [5, 5.41) is 2.55. The second-order valence-corrected chi connectivity index (χ2v) is 6.76. The predicted molar refractivity (Wildman–Crippen MR) is 86.0 cm³/mol. The summed E-state index contributed by atoms with van der Waals surface area (Å²) in [5.74, 6) is -2.80. The van der Waals surface area contributed by atoms with E-state index in [-0.39, 0.29) is 11.5 Å². The minimum atomic E-state index is -3.96. The smallest absolute Gasteiger partial charge is 0.337 e. The number of carbonyl (C=O) groups excluding carboxylic acids is 3. The van der Waals surface area contributed by atoms with Crippen LogP contribution >= 0.6 is 0 Å². The number of ketones is 1. The molecule has 9 heteroatoms. The van der Waals surface area contributed by atoms with Crippen molar-refractivity contribution < 1.29 is 31.7 Å². The molecular formula is C15H19NO7S. The third-order valence-corrected chi connectivity index (χ3v) is 3.63. The number of Topliss-reactive ketones (excluding diaryl/α,β-unsaturated/α-hetero) is 1. The Kier molecular flexibility index (Phi) is 6.61. The average Bonchev–Trinajstić information content (AvgIpc) is 2.49. The Morgan fingerprint density at radius 1 is 1.12 bits per heavy atom. The van der Waals surface area contributed by atoms with Crippen LogP contribution in [0.3, 0.4) is 0 Å². The first-order valence-corrected chi connectivity index (χ1v) is 8.74. The van der Waals surface area contributed by atoms with Crippen molar-refractivity contribution in [2.45, 2.75) is 20.0 Å². The van der Waals surface area contributed by atoms with E-state index in [1.54, 1.807) is 0 Å². The zero-order valence-corrected chi connectivity index (χ0v) is 14.5. The molecule has 1 aromatic rings. The first-order valence-electron chi connectivity index (χ1n) is 6.93. The lowest BCUT2D eigenvalue weighted by Gasteiger charge is -2.20. The highest BCUT2D eigenvalue weighted by molar-refractivity contribution is 7.86. The number of esters is 1. The molecule has 1 rings (SSSR count). The number of rotatable bonds is 7. The maximum Gasteiger partial charge on any atom is 0.337 e. The monoisotopic (exact) mass is 357 g/mol. The van der Waals surface area contributed by atoms with E-state index in [4.69, 9.17) is 4.18 Å². The summed E-state index contributed by atoms with van der Waals surface area (Å²) in [6.45, 7) is 2.72. The van der Waals surface area contributed by atoms with Crippen LogP contribution in [0.2, 0.25) is 0 Å². The molecule has 0 aliphatic rings. The van der Waals surface area contributed by atoms with Crippen LogP contribution in [-0.4, -0.2) is 45.5 Å². The number of ether oxygens (including phenoxy) is 1. The molecule has 0 fully saturated rings. The predicted octanol–water partition coefficient (Wildman–Crippen LogP) is 0.982. The van der Waals surface area contributed by atoms with E-state index in [0.717, 1.165) is 13.4 Å². The maximum atomic E-state index is 12.5. The van der Waals surface area contributed by atoms with Gasteiger partial charge in [-0.25, -0.2) is 4.79 Å². The molecule has 0 aliphatic heterocycles. The molecule has 2 unspecified atom stereocenters. The largest absolute Gasteiger partial charge is 0.467 e. The van der Waals surface area contributed by atoms with Gasteiger partial charge in [0.1, 0.15) is 0 Å². The van der Waals surface area contributed by atoms with Crippen molar-refractivity contribution in [1.29, 1.82) is 0 Å². The Hall–Kier alpha value is -2.26. The van der Waals surface area contributed by atoms with Gasteiger partial charge in [-0.2, -0.15) is 8.42 Å². The molecule has 1 N–H and O–H groups in total. The van der Waals surface area contributed by atoms with Crippen LogP contribution in [0, 0.1) is 5.92 Å². The quantitative estimate of drug-likeness (QED) is 0.439. The van der Waals surface area contributed by atoms with E-state index in [2.05, 4.69) is 10.1 Å². The minimum Gasteiger partial charge on any atom is -0.467 e. The Labute approximate surface area is 140 Å². The molecular weight excluding hydrogens is 338 g/mol. The molecule has 0 saturated heterocycles. The van der Waals surface area contributed by atoms with Crippen LogP contribution in [0.25, 0.3) is 0 Å². The van der Waals surface area contributed by atoms with Crippen LogP contribution in [-0.2, 0) is 28.6 Å². The van der Waals surface area contributed by atoms with E-state index in [0.29, 0.717) is 5.69 Å². The summed E-state index contributed by atoms with van der Waals surface area (Å²) in [6, 6.07) is 5.95. The first-order chi connectivity index (χ1) is 11.0. The zero-order valence-electron chi connectivity index (χ0n) is 13.7. The molecule has 24 heavy (non-hydrogen) atoms. The van der Waals surface area contributed by atoms with Crippen molar-refractivity contribution in [1.82, 2.24) is 0 Å². The number of hydrogen-bond donors (Lipinski definition) is 1. The molecule has 0 radical (unpaired) electrons. The normalized spacial score (nSPS) is 13.7. The molecule has 0 saturated carbocycles. The molecule has 0 bridgehead atoms. The maximum absolute atomic E-state index is 12.5. The third-order valence-electron chi connectivity index (χ3n) is 3.07. The Bertz CT molecular complexity index is 725. The van der Waals surface area contributed by atoms with Gasteiger partial charge in [0.25, 0.3) is 10.1 Å². The van der Waals surface area contributed by atoms with E-state index < -0.39 is 33.9 Å². The molecule has 0 aromatic heterocycles.